The van der Waals surface area contributed by atoms with Crippen LogP contribution >= 0.6 is 11.3 Å². The van der Waals surface area contributed by atoms with Gasteiger partial charge in [-0.25, -0.2) is 4.98 Å². The van der Waals surface area contributed by atoms with Crippen LogP contribution in [0.25, 0.3) is 0 Å². The summed E-state index contributed by atoms with van der Waals surface area (Å²) in [7, 11) is 0. The first-order valence-electron chi connectivity index (χ1n) is 6.16. The number of nitrogens with one attached hydrogen (secondary N) is 1. The van der Waals surface area contributed by atoms with E-state index in [9.17, 15) is 9.59 Å². The summed E-state index contributed by atoms with van der Waals surface area (Å²) < 4.78 is 0. The Bertz CT molecular complexity index is 495. The van der Waals surface area contributed by atoms with Gasteiger partial charge in [-0.2, -0.15) is 0 Å². The van der Waals surface area contributed by atoms with E-state index in [1.165, 1.54) is 11.3 Å². The van der Waals surface area contributed by atoms with Gasteiger partial charge in [0.1, 0.15) is 5.69 Å². The molecular formula is C12H15N3O2S. The summed E-state index contributed by atoms with van der Waals surface area (Å²) in [4.78, 5) is 29.7. The van der Waals surface area contributed by atoms with E-state index in [0.29, 0.717) is 24.7 Å². The number of carbonyl (C=O) groups is 2. The summed E-state index contributed by atoms with van der Waals surface area (Å²) in [5, 5.41) is 5.52. The van der Waals surface area contributed by atoms with Crippen LogP contribution in [0.2, 0.25) is 0 Å². The number of amides is 2. The number of carbonyl (C=O) groups excluding carboxylic acids is 2. The van der Waals surface area contributed by atoms with Gasteiger partial charge in [-0.15, -0.1) is 11.3 Å². The van der Waals surface area contributed by atoms with Gasteiger partial charge in [0.25, 0.3) is 5.91 Å². The van der Waals surface area contributed by atoms with Crippen LogP contribution in [-0.2, 0) is 4.79 Å². The Hall–Kier alpha value is -1.43. The summed E-state index contributed by atoms with van der Waals surface area (Å²) in [6, 6.07) is 0.369. The molecule has 1 aliphatic carbocycles. The van der Waals surface area contributed by atoms with Crippen molar-refractivity contribution < 1.29 is 9.59 Å². The van der Waals surface area contributed by atoms with E-state index in [2.05, 4.69) is 10.3 Å². The Morgan fingerprint density at radius 2 is 2.33 bits per heavy atom. The highest BCUT2D eigenvalue weighted by molar-refractivity contribution is 7.09. The second kappa shape index (κ2) is 4.35. The number of hydrogen-bond donors (Lipinski definition) is 1. The summed E-state index contributed by atoms with van der Waals surface area (Å²) in [5.41, 5.74) is 0.454. The smallest absolute Gasteiger partial charge is 0.271 e. The average Bonchev–Trinajstić information content (AvgIpc) is 2.97. The van der Waals surface area contributed by atoms with Crippen molar-refractivity contribution >= 4 is 23.2 Å². The molecule has 6 heteroatoms. The van der Waals surface area contributed by atoms with E-state index in [1.807, 2.05) is 11.8 Å². The lowest BCUT2D eigenvalue weighted by Crippen LogP contribution is -2.37. The van der Waals surface area contributed by atoms with E-state index in [1.54, 1.807) is 5.38 Å². The third-order valence-corrected chi connectivity index (χ3v) is 4.11. The molecule has 1 aromatic heterocycles. The lowest BCUT2D eigenvalue weighted by atomic mass is 10.2. The molecule has 5 nitrogen and oxygen atoms in total. The molecule has 1 N–H and O–H groups in total. The predicted octanol–water partition coefficient (Wildman–Crippen LogP) is 0.945. The van der Waals surface area contributed by atoms with E-state index in [4.69, 9.17) is 0 Å². The second-order valence-corrected chi connectivity index (χ2v) is 5.97. The minimum atomic E-state index is -0.171. The molecule has 1 unspecified atom stereocenters. The third-order valence-electron chi connectivity index (χ3n) is 3.33. The van der Waals surface area contributed by atoms with Crippen LogP contribution < -0.4 is 5.32 Å². The lowest BCUT2D eigenvalue weighted by Gasteiger charge is -2.15. The fourth-order valence-corrected chi connectivity index (χ4v) is 2.89. The van der Waals surface area contributed by atoms with Crippen molar-refractivity contribution in [1.29, 1.82) is 0 Å². The van der Waals surface area contributed by atoms with Crippen molar-refractivity contribution in [3.05, 3.63) is 16.1 Å². The first-order chi connectivity index (χ1) is 8.63. The lowest BCUT2D eigenvalue weighted by molar-refractivity contribution is -0.128. The number of nitrogens with zero attached hydrogens (tertiary/aromatic N) is 2. The molecule has 2 heterocycles. The van der Waals surface area contributed by atoms with Crippen molar-refractivity contribution in [2.24, 2.45) is 0 Å². The molecule has 0 spiro atoms. The molecule has 2 amide bonds. The summed E-state index contributed by atoms with van der Waals surface area (Å²) in [6.07, 6.45) is 2.64. The first kappa shape index (κ1) is 11.6. The maximum atomic E-state index is 11.9. The first-order valence-corrected chi connectivity index (χ1v) is 7.04. The zero-order valence-electron chi connectivity index (χ0n) is 10.2. The molecular weight excluding hydrogens is 250 g/mol. The fourth-order valence-electron chi connectivity index (χ4n) is 2.29. The molecule has 0 aromatic carbocycles. The van der Waals surface area contributed by atoms with E-state index < -0.39 is 0 Å². The standard InChI is InChI=1S/C12H15N3O2S/c1-7-13-10(6-18-7)12(17)14-8-4-11(16)15(5-8)9-2-3-9/h6,8-9H,2-5H2,1H3,(H,14,17). The quantitative estimate of drug-likeness (QED) is 0.885. The van der Waals surface area contributed by atoms with Crippen LogP contribution in [0.15, 0.2) is 5.38 Å². The van der Waals surface area contributed by atoms with Crippen molar-refractivity contribution in [3.63, 3.8) is 0 Å². The van der Waals surface area contributed by atoms with Gasteiger partial charge in [0.2, 0.25) is 5.91 Å². The molecule has 2 fully saturated rings. The molecule has 1 aliphatic heterocycles. The van der Waals surface area contributed by atoms with Crippen molar-refractivity contribution in [1.82, 2.24) is 15.2 Å². The van der Waals surface area contributed by atoms with Gasteiger partial charge in [-0.1, -0.05) is 0 Å². The molecule has 1 saturated heterocycles. The van der Waals surface area contributed by atoms with Crippen LogP contribution in [0, 0.1) is 6.92 Å². The minimum Gasteiger partial charge on any atom is -0.346 e. The highest BCUT2D eigenvalue weighted by Gasteiger charge is 2.39. The zero-order valence-corrected chi connectivity index (χ0v) is 11.0. The Kier molecular flexibility index (Phi) is 2.81. The number of aromatic nitrogens is 1. The minimum absolute atomic E-state index is 0.0624. The van der Waals surface area contributed by atoms with Gasteiger partial charge in [0.05, 0.1) is 11.0 Å². The Balaban J connectivity index is 1.60. The van der Waals surface area contributed by atoms with Crippen LogP contribution in [0.4, 0.5) is 0 Å². The fraction of sp³-hybridized carbons (Fsp3) is 0.583. The maximum absolute atomic E-state index is 11.9. The monoisotopic (exact) mass is 265 g/mol. The molecule has 3 rings (SSSR count). The second-order valence-electron chi connectivity index (χ2n) is 4.90. The number of thiazole rings is 1. The molecule has 18 heavy (non-hydrogen) atoms. The van der Waals surface area contributed by atoms with Crippen LogP contribution in [-0.4, -0.2) is 40.3 Å². The number of hydrogen-bond acceptors (Lipinski definition) is 4. The summed E-state index contributed by atoms with van der Waals surface area (Å²) >= 11 is 1.46. The van der Waals surface area contributed by atoms with Gasteiger partial charge < -0.3 is 10.2 Å². The summed E-state index contributed by atoms with van der Waals surface area (Å²) in [5.74, 6) is -0.00736. The van der Waals surface area contributed by atoms with Gasteiger partial charge in [-0.3, -0.25) is 9.59 Å². The molecule has 96 valence electrons. The van der Waals surface area contributed by atoms with Crippen molar-refractivity contribution in [3.8, 4) is 0 Å². The number of rotatable bonds is 3. The predicted molar refractivity (Wildman–Crippen MR) is 67.5 cm³/mol. The molecule has 1 saturated carbocycles. The van der Waals surface area contributed by atoms with Crippen LogP contribution in [0.3, 0.4) is 0 Å². The third kappa shape index (κ3) is 2.25. The SMILES string of the molecule is Cc1nc(C(=O)NC2CC(=O)N(C3CC3)C2)cs1. The molecule has 0 radical (unpaired) electrons. The van der Waals surface area contributed by atoms with Crippen molar-refractivity contribution in [2.75, 3.05) is 6.54 Å². The summed E-state index contributed by atoms with van der Waals surface area (Å²) in [6.45, 7) is 2.52. The van der Waals surface area contributed by atoms with Gasteiger partial charge in [0.15, 0.2) is 0 Å². The highest BCUT2D eigenvalue weighted by atomic mass is 32.1. The Labute approximate surface area is 109 Å². The maximum Gasteiger partial charge on any atom is 0.271 e. The molecule has 0 bridgehead atoms. The van der Waals surface area contributed by atoms with Crippen LogP contribution in [0.5, 0.6) is 0 Å². The Morgan fingerprint density at radius 1 is 1.56 bits per heavy atom. The number of aryl methyl sites for hydroxylation is 1. The van der Waals surface area contributed by atoms with Crippen LogP contribution in [0.1, 0.15) is 34.8 Å². The van der Waals surface area contributed by atoms with Gasteiger partial charge in [0, 0.05) is 24.4 Å². The average molecular weight is 265 g/mol. The van der Waals surface area contributed by atoms with E-state index in [-0.39, 0.29) is 17.9 Å². The van der Waals surface area contributed by atoms with E-state index in [0.717, 1.165) is 17.8 Å². The Morgan fingerprint density at radius 3 is 2.94 bits per heavy atom. The van der Waals surface area contributed by atoms with Gasteiger partial charge in [-0.05, 0) is 19.8 Å². The van der Waals surface area contributed by atoms with Gasteiger partial charge >= 0.3 is 0 Å². The number of likely N-dealkylation sites (tertiary alicyclic amines) is 1. The molecule has 2 aliphatic rings. The normalized spacial score (nSPS) is 23.5. The van der Waals surface area contributed by atoms with Crippen molar-refractivity contribution in [2.45, 2.75) is 38.3 Å². The largest absolute Gasteiger partial charge is 0.346 e. The molecule has 1 aromatic rings. The topological polar surface area (TPSA) is 62.3 Å². The highest BCUT2D eigenvalue weighted by Crippen LogP contribution is 2.30. The molecule has 1 atom stereocenters. The zero-order chi connectivity index (χ0) is 12.7. The van der Waals surface area contributed by atoms with E-state index >= 15 is 0 Å².